The molecule has 1 amide bonds. The minimum Gasteiger partial charge on any atom is -0.310 e. The number of hydrogen-bond donors (Lipinski definition) is 1. The van der Waals surface area contributed by atoms with E-state index in [0.717, 1.165) is 6.42 Å². The number of amides is 1. The Morgan fingerprint density at radius 2 is 2.00 bits per heavy atom. The standard InChI is InChI=1S/C19H23FN6OS/c1-5-12(2)26-16(10-11-21-26)22-18(27)13(3)28-19-24-23-17(25(19)4)14-8-6-7-9-15(14)20/h6-13H,5H2,1-4H3,(H,22,27)/t12-,13-/m1/s1. The summed E-state index contributed by atoms with van der Waals surface area (Å²) in [5.74, 6) is 0.559. The van der Waals surface area contributed by atoms with Crippen molar-refractivity contribution in [3.8, 4) is 11.4 Å². The maximum Gasteiger partial charge on any atom is 0.238 e. The molecule has 3 rings (SSSR count). The van der Waals surface area contributed by atoms with Gasteiger partial charge in [-0.2, -0.15) is 5.10 Å². The molecule has 0 aliphatic carbocycles. The number of benzene rings is 1. The lowest BCUT2D eigenvalue weighted by atomic mass is 10.2. The largest absolute Gasteiger partial charge is 0.310 e. The SMILES string of the molecule is CC[C@@H](C)n1nccc1NC(=O)[C@@H](C)Sc1nnc(-c2ccccc2F)n1C. The number of carbonyl (C=O) groups is 1. The number of rotatable bonds is 7. The summed E-state index contributed by atoms with van der Waals surface area (Å²) in [5.41, 5.74) is 0.374. The van der Waals surface area contributed by atoms with Crippen molar-refractivity contribution < 1.29 is 9.18 Å². The molecular formula is C19H23FN6OS. The van der Waals surface area contributed by atoms with Crippen molar-refractivity contribution in [2.24, 2.45) is 7.05 Å². The van der Waals surface area contributed by atoms with E-state index in [1.54, 1.807) is 53.7 Å². The van der Waals surface area contributed by atoms with Gasteiger partial charge in [0, 0.05) is 13.1 Å². The van der Waals surface area contributed by atoms with Gasteiger partial charge in [0.15, 0.2) is 11.0 Å². The zero-order valence-corrected chi connectivity index (χ0v) is 17.1. The summed E-state index contributed by atoms with van der Waals surface area (Å²) >= 11 is 1.27. The molecule has 0 bridgehead atoms. The van der Waals surface area contributed by atoms with E-state index in [0.29, 0.717) is 22.4 Å². The quantitative estimate of drug-likeness (QED) is 0.606. The Labute approximate surface area is 167 Å². The highest BCUT2D eigenvalue weighted by Crippen LogP contribution is 2.27. The molecule has 0 saturated carbocycles. The number of anilines is 1. The summed E-state index contributed by atoms with van der Waals surface area (Å²) < 4.78 is 17.5. The number of nitrogens with one attached hydrogen (secondary N) is 1. The predicted octanol–water partition coefficient (Wildman–Crippen LogP) is 3.91. The van der Waals surface area contributed by atoms with Gasteiger partial charge < -0.3 is 9.88 Å². The van der Waals surface area contributed by atoms with E-state index in [1.807, 2.05) is 6.92 Å². The summed E-state index contributed by atoms with van der Waals surface area (Å²) in [7, 11) is 1.76. The van der Waals surface area contributed by atoms with Crippen LogP contribution in [0.15, 0.2) is 41.7 Å². The number of halogens is 1. The molecule has 2 aromatic heterocycles. The second-order valence-corrected chi connectivity index (χ2v) is 7.82. The third-order valence-electron chi connectivity index (χ3n) is 4.53. The summed E-state index contributed by atoms with van der Waals surface area (Å²) in [6.45, 7) is 5.91. The Morgan fingerprint density at radius 3 is 2.71 bits per heavy atom. The molecule has 148 valence electrons. The van der Waals surface area contributed by atoms with E-state index in [9.17, 15) is 9.18 Å². The molecule has 1 aromatic carbocycles. The minimum atomic E-state index is -0.420. The monoisotopic (exact) mass is 402 g/mol. The van der Waals surface area contributed by atoms with E-state index in [4.69, 9.17) is 0 Å². The molecule has 0 radical (unpaired) electrons. The number of thioether (sulfide) groups is 1. The average Bonchev–Trinajstić information content (AvgIpc) is 3.29. The van der Waals surface area contributed by atoms with Gasteiger partial charge in [0.25, 0.3) is 0 Å². The van der Waals surface area contributed by atoms with Crippen molar-refractivity contribution in [2.75, 3.05) is 5.32 Å². The third-order valence-corrected chi connectivity index (χ3v) is 5.66. The highest BCUT2D eigenvalue weighted by atomic mass is 32.2. The highest BCUT2D eigenvalue weighted by Gasteiger charge is 2.21. The Kier molecular flexibility index (Phi) is 6.13. The van der Waals surface area contributed by atoms with E-state index in [-0.39, 0.29) is 17.8 Å². The maximum atomic E-state index is 14.0. The zero-order chi connectivity index (χ0) is 20.3. The molecule has 0 fully saturated rings. The van der Waals surface area contributed by atoms with Gasteiger partial charge in [0.05, 0.1) is 23.1 Å². The van der Waals surface area contributed by atoms with E-state index < -0.39 is 5.25 Å². The van der Waals surface area contributed by atoms with E-state index >= 15 is 0 Å². The molecule has 0 saturated heterocycles. The van der Waals surface area contributed by atoms with Crippen molar-refractivity contribution in [2.45, 2.75) is 43.6 Å². The fraction of sp³-hybridized carbons (Fsp3) is 0.368. The van der Waals surface area contributed by atoms with Gasteiger partial charge in [0.1, 0.15) is 11.6 Å². The lowest BCUT2D eigenvalue weighted by molar-refractivity contribution is -0.115. The summed E-state index contributed by atoms with van der Waals surface area (Å²) in [6.07, 6.45) is 2.58. The van der Waals surface area contributed by atoms with Gasteiger partial charge in [0.2, 0.25) is 5.91 Å². The molecule has 7 nitrogen and oxygen atoms in total. The van der Waals surface area contributed by atoms with Crippen LogP contribution in [-0.4, -0.2) is 35.7 Å². The second-order valence-electron chi connectivity index (χ2n) is 6.51. The Morgan fingerprint density at radius 1 is 1.25 bits per heavy atom. The van der Waals surface area contributed by atoms with Gasteiger partial charge in [-0.25, -0.2) is 9.07 Å². The third kappa shape index (κ3) is 4.09. The first kappa shape index (κ1) is 20.1. The second kappa shape index (κ2) is 8.55. The Bertz CT molecular complexity index is 969. The van der Waals surface area contributed by atoms with E-state index in [2.05, 4.69) is 27.5 Å². The van der Waals surface area contributed by atoms with E-state index in [1.165, 1.54) is 17.8 Å². The van der Waals surface area contributed by atoms with Crippen molar-refractivity contribution in [3.05, 3.63) is 42.3 Å². The van der Waals surface area contributed by atoms with Crippen molar-refractivity contribution in [1.29, 1.82) is 0 Å². The van der Waals surface area contributed by atoms with Crippen LogP contribution in [0.25, 0.3) is 11.4 Å². The number of hydrogen-bond acceptors (Lipinski definition) is 5. The van der Waals surface area contributed by atoms with Crippen LogP contribution >= 0.6 is 11.8 Å². The molecule has 0 aliphatic heterocycles. The molecule has 2 heterocycles. The van der Waals surface area contributed by atoms with Gasteiger partial charge in [-0.05, 0) is 32.4 Å². The highest BCUT2D eigenvalue weighted by molar-refractivity contribution is 8.00. The average molecular weight is 402 g/mol. The number of nitrogens with zero attached hydrogens (tertiary/aromatic N) is 5. The lowest BCUT2D eigenvalue weighted by Gasteiger charge is -2.16. The van der Waals surface area contributed by atoms with Crippen LogP contribution in [-0.2, 0) is 11.8 Å². The fourth-order valence-corrected chi connectivity index (χ4v) is 3.49. The van der Waals surface area contributed by atoms with Crippen molar-refractivity contribution in [1.82, 2.24) is 24.5 Å². The molecule has 28 heavy (non-hydrogen) atoms. The Hall–Kier alpha value is -2.68. The molecule has 3 aromatic rings. The fourth-order valence-electron chi connectivity index (χ4n) is 2.67. The van der Waals surface area contributed by atoms with Crippen LogP contribution in [0.1, 0.15) is 33.2 Å². The Balaban J connectivity index is 1.72. The van der Waals surface area contributed by atoms with Crippen LogP contribution in [0, 0.1) is 5.82 Å². The van der Waals surface area contributed by atoms with Gasteiger partial charge >= 0.3 is 0 Å². The topological polar surface area (TPSA) is 77.6 Å². The van der Waals surface area contributed by atoms with Crippen LogP contribution in [0.5, 0.6) is 0 Å². The zero-order valence-electron chi connectivity index (χ0n) is 16.3. The number of carbonyl (C=O) groups excluding carboxylic acids is 1. The van der Waals surface area contributed by atoms with Crippen molar-refractivity contribution in [3.63, 3.8) is 0 Å². The summed E-state index contributed by atoms with van der Waals surface area (Å²) in [4.78, 5) is 12.6. The van der Waals surface area contributed by atoms with Crippen LogP contribution in [0.3, 0.4) is 0 Å². The molecule has 0 aliphatic rings. The smallest absolute Gasteiger partial charge is 0.238 e. The lowest BCUT2D eigenvalue weighted by Crippen LogP contribution is -2.25. The van der Waals surface area contributed by atoms with Crippen LogP contribution in [0.2, 0.25) is 0 Å². The predicted molar refractivity (Wildman–Crippen MR) is 108 cm³/mol. The molecule has 0 spiro atoms. The molecule has 2 atom stereocenters. The first-order valence-corrected chi connectivity index (χ1v) is 9.95. The first-order valence-electron chi connectivity index (χ1n) is 9.07. The molecule has 0 unspecified atom stereocenters. The van der Waals surface area contributed by atoms with Crippen LogP contribution in [0.4, 0.5) is 10.2 Å². The first-order chi connectivity index (χ1) is 13.4. The summed E-state index contributed by atoms with van der Waals surface area (Å²) in [6, 6.07) is 8.38. The van der Waals surface area contributed by atoms with Crippen molar-refractivity contribution >= 4 is 23.5 Å². The molecule has 1 N–H and O–H groups in total. The molecule has 9 heteroatoms. The van der Waals surface area contributed by atoms with Gasteiger partial charge in [-0.3, -0.25) is 4.79 Å². The normalized spacial score (nSPS) is 13.3. The van der Waals surface area contributed by atoms with Gasteiger partial charge in [-0.15, -0.1) is 10.2 Å². The minimum absolute atomic E-state index is 0.162. The van der Waals surface area contributed by atoms with Gasteiger partial charge in [-0.1, -0.05) is 30.8 Å². The summed E-state index contributed by atoms with van der Waals surface area (Å²) in [5, 5.41) is 15.5. The molecular weight excluding hydrogens is 379 g/mol. The number of aromatic nitrogens is 5. The van der Waals surface area contributed by atoms with Crippen LogP contribution < -0.4 is 5.32 Å². The maximum absolute atomic E-state index is 14.0.